The Hall–Kier alpha value is -0.860. The summed E-state index contributed by atoms with van der Waals surface area (Å²) in [5, 5.41) is 0. The van der Waals surface area contributed by atoms with Gasteiger partial charge < -0.3 is 10.5 Å². The molecule has 0 amide bonds. The van der Waals surface area contributed by atoms with Crippen molar-refractivity contribution < 1.29 is 4.74 Å². The molecule has 1 fully saturated rings. The van der Waals surface area contributed by atoms with Crippen LogP contribution in [-0.2, 0) is 4.74 Å². The highest BCUT2D eigenvalue weighted by Crippen LogP contribution is 2.42. The SMILES string of the molecule is COCC1(N)CC(c2ccccc2)C1. The highest BCUT2D eigenvalue weighted by molar-refractivity contribution is 5.25. The summed E-state index contributed by atoms with van der Waals surface area (Å²) in [5.41, 5.74) is 7.45. The lowest BCUT2D eigenvalue weighted by atomic mass is 9.66. The highest BCUT2D eigenvalue weighted by Gasteiger charge is 2.41. The Morgan fingerprint density at radius 1 is 1.36 bits per heavy atom. The molecule has 2 nitrogen and oxygen atoms in total. The molecule has 0 spiro atoms. The minimum Gasteiger partial charge on any atom is -0.383 e. The van der Waals surface area contributed by atoms with Crippen molar-refractivity contribution in [3.63, 3.8) is 0 Å². The Morgan fingerprint density at radius 2 is 2.00 bits per heavy atom. The van der Waals surface area contributed by atoms with E-state index in [4.69, 9.17) is 10.5 Å². The predicted octanol–water partition coefficient (Wildman–Crippen LogP) is 1.91. The molecule has 0 aliphatic heterocycles. The lowest BCUT2D eigenvalue weighted by Crippen LogP contribution is -2.54. The maximum atomic E-state index is 6.12. The summed E-state index contributed by atoms with van der Waals surface area (Å²) in [6.45, 7) is 0.677. The molecule has 1 aromatic carbocycles. The first-order valence-corrected chi connectivity index (χ1v) is 5.06. The van der Waals surface area contributed by atoms with Gasteiger partial charge in [-0.05, 0) is 24.3 Å². The van der Waals surface area contributed by atoms with E-state index in [0.29, 0.717) is 12.5 Å². The van der Waals surface area contributed by atoms with Crippen molar-refractivity contribution in [1.82, 2.24) is 0 Å². The molecular formula is C12H17NO. The molecule has 1 aliphatic rings. The van der Waals surface area contributed by atoms with E-state index < -0.39 is 0 Å². The number of nitrogens with two attached hydrogens (primary N) is 1. The van der Waals surface area contributed by atoms with Crippen molar-refractivity contribution in [3.8, 4) is 0 Å². The van der Waals surface area contributed by atoms with Crippen LogP contribution in [0.3, 0.4) is 0 Å². The molecule has 14 heavy (non-hydrogen) atoms. The molecule has 0 heterocycles. The summed E-state index contributed by atoms with van der Waals surface area (Å²) < 4.78 is 5.11. The van der Waals surface area contributed by atoms with Crippen LogP contribution in [0.1, 0.15) is 24.3 Å². The number of hydrogen-bond acceptors (Lipinski definition) is 2. The molecule has 0 bridgehead atoms. The average Bonchev–Trinajstić information content (AvgIpc) is 2.16. The molecule has 0 aromatic heterocycles. The Labute approximate surface area is 85.1 Å². The van der Waals surface area contributed by atoms with E-state index in [-0.39, 0.29) is 5.54 Å². The smallest absolute Gasteiger partial charge is 0.0642 e. The quantitative estimate of drug-likeness (QED) is 0.792. The van der Waals surface area contributed by atoms with Gasteiger partial charge in [-0.3, -0.25) is 0 Å². The van der Waals surface area contributed by atoms with Crippen molar-refractivity contribution in [3.05, 3.63) is 35.9 Å². The van der Waals surface area contributed by atoms with E-state index >= 15 is 0 Å². The summed E-state index contributed by atoms with van der Waals surface area (Å²) in [4.78, 5) is 0. The minimum absolute atomic E-state index is 0.0741. The van der Waals surface area contributed by atoms with Gasteiger partial charge in [0.05, 0.1) is 6.61 Å². The van der Waals surface area contributed by atoms with Crippen LogP contribution < -0.4 is 5.73 Å². The van der Waals surface area contributed by atoms with Gasteiger partial charge in [-0.25, -0.2) is 0 Å². The van der Waals surface area contributed by atoms with Gasteiger partial charge in [0.25, 0.3) is 0 Å². The molecule has 2 heteroatoms. The van der Waals surface area contributed by atoms with Crippen molar-refractivity contribution in [2.24, 2.45) is 5.73 Å². The predicted molar refractivity (Wildman–Crippen MR) is 57.2 cm³/mol. The van der Waals surface area contributed by atoms with E-state index in [1.165, 1.54) is 5.56 Å². The molecule has 1 saturated carbocycles. The van der Waals surface area contributed by atoms with Gasteiger partial charge in [-0.1, -0.05) is 30.3 Å². The summed E-state index contributed by atoms with van der Waals surface area (Å²) in [7, 11) is 1.71. The fraction of sp³-hybridized carbons (Fsp3) is 0.500. The molecular weight excluding hydrogens is 174 g/mol. The first-order chi connectivity index (χ1) is 6.73. The lowest BCUT2D eigenvalue weighted by molar-refractivity contribution is 0.0704. The normalized spacial score (nSPS) is 31.1. The lowest BCUT2D eigenvalue weighted by Gasteiger charge is -2.44. The van der Waals surface area contributed by atoms with Crippen LogP contribution in [0.25, 0.3) is 0 Å². The fourth-order valence-corrected chi connectivity index (χ4v) is 2.29. The van der Waals surface area contributed by atoms with Gasteiger partial charge in [0, 0.05) is 12.6 Å². The summed E-state index contributed by atoms with van der Waals surface area (Å²) >= 11 is 0. The Morgan fingerprint density at radius 3 is 2.57 bits per heavy atom. The molecule has 2 N–H and O–H groups in total. The molecule has 2 rings (SSSR count). The van der Waals surface area contributed by atoms with Gasteiger partial charge >= 0.3 is 0 Å². The Kier molecular flexibility index (Phi) is 2.57. The van der Waals surface area contributed by atoms with Crippen LogP contribution in [0.5, 0.6) is 0 Å². The van der Waals surface area contributed by atoms with Crippen molar-refractivity contribution in [1.29, 1.82) is 0 Å². The molecule has 0 radical (unpaired) electrons. The van der Waals surface area contributed by atoms with E-state index in [2.05, 4.69) is 24.3 Å². The maximum absolute atomic E-state index is 6.12. The first-order valence-electron chi connectivity index (χ1n) is 5.06. The van der Waals surface area contributed by atoms with Crippen LogP contribution in [-0.4, -0.2) is 19.3 Å². The van der Waals surface area contributed by atoms with Crippen LogP contribution in [0.4, 0.5) is 0 Å². The van der Waals surface area contributed by atoms with Crippen molar-refractivity contribution in [2.45, 2.75) is 24.3 Å². The minimum atomic E-state index is -0.0741. The number of benzene rings is 1. The van der Waals surface area contributed by atoms with Gasteiger partial charge in [-0.2, -0.15) is 0 Å². The van der Waals surface area contributed by atoms with E-state index in [0.717, 1.165) is 12.8 Å². The highest BCUT2D eigenvalue weighted by atomic mass is 16.5. The molecule has 1 aromatic rings. The van der Waals surface area contributed by atoms with E-state index in [9.17, 15) is 0 Å². The third kappa shape index (κ3) is 1.81. The van der Waals surface area contributed by atoms with Crippen molar-refractivity contribution >= 4 is 0 Å². The third-order valence-electron chi connectivity index (χ3n) is 3.01. The third-order valence-corrected chi connectivity index (χ3v) is 3.01. The van der Waals surface area contributed by atoms with Gasteiger partial charge in [0.2, 0.25) is 0 Å². The Bertz CT molecular complexity index is 290. The topological polar surface area (TPSA) is 35.2 Å². The number of methoxy groups -OCH3 is 1. The van der Waals surface area contributed by atoms with E-state index in [1.54, 1.807) is 7.11 Å². The molecule has 76 valence electrons. The molecule has 0 unspecified atom stereocenters. The number of ether oxygens (including phenoxy) is 1. The molecule has 0 saturated heterocycles. The van der Waals surface area contributed by atoms with Gasteiger partial charge in [0.1, 0.15) is 0 Å². The zero-order valence-corrected chi connectivity index (χ0v) is 8.57. The molecule has 0 atom stereocenters. The number of rotatable bonds is 3. The van der Waals surface area contributed by atoms with Crippen molar-refractivity contribution in [2.75, 3.05) is 13.7 Å². The van der Waals surface area contributed by atoms with Gasteiger partial charge in [0.15, 0.2) is 0 Å². The Balaban J connectivity index is 1.95. The summed E-state index contributed by atoms with van der Waals surface area (Å²) in [5.74, 6) is 0.636. The van der Waals surface area contributed by atoms with Crippen LogP contribution in [0.2, 0.25) is 0 Å². The monoisotopic (exact) mass is 191 g/mol. The second-order valence-electron chi connectivity index (χ2n) is 4.31. The molecule has 1 aliphatic carbocycles. The number of hydrogen-bond donors (Lipinski definition) is 1. The van der Waals surface area contributed by atoms with Crippen LogP contribution >= 0.6 is 0 Å². The fourth-order valence-electron chi connectivity index (χ4n) is 2.29. The maximum Gasteiger partial charge on any atom is 0.0642 e. The van der Waals surface area contributed by atoms with Crippen LogP contribution in [0, 0.1) is 0 Å². The summed E-state index contributed by atoms with van der Waals surface area (Å²) in [6.07, 6.45) is 2.09. The first kappa shape index (κ1) is 9.69. The second kappa shape index (κ2) is 3.71. The summed E-state index contributed by atoms with van der Waals surface area (Å²) in [6, 6.07) is 10.6. The van der Waals surface area contributed by atoms with Gasteiger partial charge in [-0.15, -0.1) is 0 Å². The van der Waals surface area contributed by atoms with Crippen LogP contribution in [0.15, 0.2) is 30.3 Å². The second-order valence-corrected chi connectivity index (χ2v) is 4.31. The zero-order valence-electron chi connectivity index (χ0n) is 8.57. The zero-order chi connectivity index (χ0) is 10.0. The largest absolute Gasteiger partial charge is 0.383 e. The van der Waals surface area contributed by atoms with E-state index in [1.807, 2.05) is 6.07 Å². The average molecular weight is 191 g/mol. The standard InChI is InChI=1S/C12H17NO/c1-14-9-12(13)7-11(8-12)10-5-3-2-4-6-10/h2-6,11H,7-9,13H2,1H3.